The molecule has 0 saturated heterocycles. The van der Waals surface area contributed by atoms with Crippen LogP contribution in [-0.4, -0.2) is 33.5 Å². The predicted molar refractivity (Wildman–Crippen MR) is 103 cm³/mol. The van der Waals surface area contributed by atoms with E-state index in [9.17, 15) is 5.11 Å². The zero-order valence-electron chi connectivity index (χ0n) is 13.4. The molecular weight excluding hydrogens is 379 g/mol. The molecule has 0 bridgehead atoms. The number of thioether (sulfide) groups is 1. The van der Waals surface area contributed by atoms with Gasteiger partial charge in [-0.2, -0.15) is 0 Å². The average molecular weight is 395 g/mol. The van der Waals surface area contributed by atoms with Crippen molar-refractivity contribution in [3.8, 4) is 5.75 Å². The van der Waals surface area contributed by atoms with Gasteiger partial charge in [-0.15, -0.1) is 11.8 Å². The normalized spacial score (nSPS) is 12.3. The van der Waals surface area contributed by atoms with Gasteiger partial charge in [0.2, 0.25) is 0 Å². The van der Waals surface area contributed by atoms with Gasteiger partial charge in [-0.3, -0.25) is 0 Å². The Kier molecular flexibility index (Phi) is 6.02. The van der Waals surface area contributed by atoms with Crippen LogP contribution in [0.15, 0.2) is 47.5 Å². The number of aryl methyl sites for hydroxylation is 1. The number of ether oxygens (including phenoxy) is 1. The molecule has 0 radical (unpaired) electrons. The average Bonchev–Trinajstić information content (AvgIpc) is 2.60. The number of hydrogen-bond acceptors (Lipinski definition) is 5. The number of fused-ring (bicyclic) bond motifs is 1. The van der Waals surface area contributed by atoms with Crippen LogP contribution in [0.4, 0.5) is 0 Å². The minimum Gasteiger partial charge on any atom is -0.489 e. The summed E-state index contributed by atoms with van der Waals surface area (Å²) in [5, 5.41) is 13.0. The van der Waals surface area contributed by atoms with E-state index in [-0.39, 0.29) is 6.61 Å². The van der Waals surface area contributed by atoms with E-state index in [1.54, 1.807) is 18.2 Å². The van der Waals surface area contributed by atoms with Crippen LogP contribution in [0, 0.1) is 6.92 Å². The molecule has 4 nitrogen and oxygen atoms in total. The van der Waals surface area contributed by atoms with E-state index in [0.717, 1.165) is 15.9 Å². The SMILES string of the molecule is Cc1nc(SC[C@H](O)COc2cc(Cl)ccc2Cl)c2ccccc2n1. The highest BCUT2D eigenvalue weighted by Gasteiger charge is 2.12. The van der Waals surface area contributed by atoms with Gasteiger partial charge < -0.3 is 9.84 Å². The van der Waals surface area contributed by atoms with Crippen molar-refractivity contribution in [3.05, 3.63) is 58.3 Å². The van der Waals surface area contributed by atoms with Crippen molar-refractivity contribution in [1.82, 2.24) is 9.97 Å². The topological polar surface area (TPSA) is 55.2 Å². The highest BCUT2D eigenvalue weighted by molar-refractivity contribution is 7.99. The molecule has 0 amide bonds. The summed E-state index contributed by atoms with van der Waals surface area (Å²) in [7, 11) is 0. The molecule has 1 aromatic heterocycles. The number of aromatic nitrogens is 2. The van der Waals surface area contributed by atoms with Crippen LogP contribution in [0.1, 0.15) is 5.82 Å². The molecular formula is C18H16Cl2N2O2S. The second-order valence-electron chi connectivity index (χ2n) is 5.44. The first-order chi connectivity index (χ1) is 12.0. The molecule has 25 heavy (non-hydrogen) atoms. The molecule has 0 spiro atoms. The lowest BCUT2D eigenvalue weighted by molar-refractivity contribution is 0.126. The van der Waals surface area contributed by atoms with Crippen LogP contribution in [0.25, 0.3) is 10.9 Å². The smallest absolute Gasteiger partial charge is 0.139 e. The minimum atomic E-state index is -0.672. The number of para-hydroxylation sites is 1. The Labute approximate surface area is 160 Å². The Hall–Kier alpha value is -1.53. The highest BCUT2D eigenvalue weighted by atomic mass is 35.5. The molecule has 0 aliphatic carbocycles. The van der Waals surface area contributed by atoms with Crippen LogP contribution in [0.5, 0.6) is 5.75 Å². The largest absolute Gasteiger partial charge is 0.489 e. The summed E-state index contributed by atoms with van der Waals surface area (Å²) in [5.41, 5.74) is 0.897. The van der Waals surface area contributed by atoms with Crippen molar-refractivity contribution in [2.24, 2.45) is 0 Å². The van der Waals surface area contributed by atoms with Gasteiger partial charge in [-0.05, 0) is 25.1 Å². The third-order valence-electron chi connectivity index (χ3n) is 3.42. The Balaban J connectivity index is 1.63. The Bertz CT molecular complexity index is 892. The third kappa shape index (κ3) is 4.76. The van der Waals surface area contributed by atoms with E-state index in [2.05, 4.69) is 9.97 Å². The van der Waals surface area contributed by atoms with E-state index < -0.39 is 6.10 Å². The molecule has 1 heterocycles. The van der Waals surface area contributed by atoms with E-state index in [0.29, 0.717) is 27.4 Å². The fraction of sp³-hybridized carbons (Fsp3) is 0.222. The van der Waals surface area contributed by atoms with Gasteiger partial charge in [0, 0.05) is 22.2 Å². The van der Waals surface area contributed by atoms with Gasteiger partial charge in [0.05, 0.1) is 16.6 Å². The monoisotopic (exact) mass is 394 g/mol. The van der Waals surface area contributed by atoms with E-state index >= 15 is 0 Å². The molecule has 3 aromatic rings. The number of nitrogens with zero attached hydrogens (tertiary/aromatic N) is 2. The van der Waals surface area contributed by atoms with Gasteiger partial charge in [-0.25, -0.2) is 9.97 Å². The standard InChI is InChI=1S/C18H16Cl2N2O2S/c1-11-21-16-5-3-2-4-14(16)18(22-11)25-10-13(23)9-24-17-8-12(19)6-7-15(17)20/h2-8,13,23H,9-10H2,1H3/t13-/m1/s1. The van der Waals surface area contributed by atoms with Crippen molar-refractivity contribution >= 4 is 45.9 Å². The maximum Gasteiger partial charge on any atom is 0.139 e. The molecule has 3 rings (SSSR count). The summed E-state index contributed by atoms with van der Waals surface area (Å²) in [6, 6.07) is 12.8. The molecule has 0 fully saturated rings. The lowest BCUT2D eigenvalue weighted by Crippen LogP contribution is -2.20. The first kappa shape index (κ1) is 18.3. The number of aliphatic hydroxyl groups excluding tert-OH is 1. The number of rotatable bonds is 6. The first-order valence-corrected chi connectivity index (χ1v) is 9.39. The second kappa shape index (κ2) is 8.23. The zero-order valence-corrected chi connectivity index (χ0v) is 15.8. The number of aliphatic hydroxyl groups is 1. The fourth-order valence-electron chi connectivity index (χ4n) is 2.27. The number of hydrogen-bond donors (Lipinski definition) is 1. The molecule has 0 aliphatic rings. The molecule has 0 saturated carbocycles. The van der Waals surface area contributed by atoms with Gasteiger partial charge in [0.25, 0.3) is 0 Å². The molecule has 0 unspecified atom stereocenters. The Morgan fingerprint density at radius 2 is 1.96 bits per heavy atom. The summed E-state index contributed by atoms with van der Waals surface area (Å²) < 4.78 is 5.57. The van der Waals surface area contributed by atoms with Gasteiger partial charge in [0.1, 0.15) is 23.2 Å². The van der Waals surface area contributed by atoms with Crippen molar-refractivity contribution in [3.63, 3.8) is 0 Å². The van der Waals surface area contributed by atoms with Gasteiger partial charge >= 0.3 is 0 Å². The lowest BCUT2D eigenvalue weighted by atomic mass is 10.2. The summed E-state index contributed by atoms with van der Waals surface area (Å²) in [6.07, 6.45) is -0.672. The maximum absolute atomic E-state index is 10.2. The zero-order chi connectivity index (χ0) is 17.8. The number of benzene rings is 2. The maximum atomic E-state index is 10.2. The number of halogens is 2. The second-order valence-corrected chi connectivity index (χ2v) is 7.30. The highest BCUT2D eigenvalue weighted by Crippen LogP contribution is 2.29. The Morgan fingerprint density at radius 1 is 1.16 bits per heavy atom. The van der Waals surface area contributed by atoms with Crippen LogP contribution in [0.3, 0.4) is 0 Å². The summed E-state index contributed by atoms with van der Waals surface area (Å²) in [5.74, 6) is 1.61. The molecule has 2 aromatic carbocycles. The Morgan fingerprint density at radius 3 is 2.80 bits per heavy atom. The fourth-order valence-corrected chi connectivity index (χ4v) is 3.57. The summed E-state index contributed by atoms with van der Waals surface area (Å²) >= 11 is 13.4. The van der Waals surface area contributed by atoms with E-state index in [1.807, 2.05) is 31.2 Å². The van der Waals surface area contributed by atoms with Crippen molar-refractivity contribution in [2.45, 2.75) is 18.1 Å². The third-order valence-corrected chi connectivity index (χ3v) is 5.10. The predicted octanol–water partition coefficient (Wildman–Crippen LogP) is 4.78. The van der Waals surface area contributed by atoms with Crippen molar-refractivity contribution < 1.29 is 9.84 Å². The van der Waals surface area contributed by atoms with Crippen LogP contribution >= 0.6 is 35.0 Å². The molecule has 130 valence electrons. The van der Waals surface area contributed by atoms with Crippen molar-refractivity contribution in [2.75, 3.05) is 12.4 Å². The summed E-state index contributed by atoms with van der Waals surface area (Å²) in [4.78, 5) is 8.90. The van der Waals surface area contributed by atoms with Crippen LogP contribution in [-0.2, 0) is 0 Å². The van der Waals surface area contributed by atoms with Gasteiger partial charge in [-0.1, -0.05) is 41.4 Å². The molecule has 7 heteroatoms. The van der Waals surface area contributed by atoms with Crippen molar-refractivity contribution in [1.29, 1.82) is 0 Å². The van der Waals surface area contributed by atoms with E-state index in [4.69, 9.17) is 27.9 Å². The van der Waals surface area contributed by atoms with Gasteiger partial charge in [0.15, 0.2) is 0 Å². The van der Waals surface area contributed by atoms with Crippen LogP contribution < -0.4 is 4.74 Å². The summed E-state index contributed by atoms with van der Waals surface area (Å²) in [6.45, 7) is 1.98. The quantitative estimate of drug-likeness (QED) is 0.481. The van der Waals surface area contributed by atoms with Crippen LogP contribution in [0.2, 0.25) is 10.0 Å². The molecule has 0 aliphatic heterocycles. The minimum absolute atomic E-state index is 0.120. The molecule has 1 N–H and O–H groups in total. The lowest BCUT2D eigenvalue weighted by Gasteiger charge is -2.13. The van der Waals surface area contributed by atoms with E-state index in [1.165, 1.54) is 11.8 Å². The molecule has 1 atom stereocenters. The first-order valence-electron chi connectivity index (χ1n) is 7.65.